The van der Waals surface area contributed by atoms with Crippen molar-refractivity contribution < 1.29 is 19.4 Å². The lowest BCUT2D eigenvalue weighted by Gasteiger charge is -2.47. The van der Waals surface area contributed by atoms with E-state index in [1.54, 1.807) is 0 Å². The molecule has 21 heavy (non-hydrogen) atoms. The van der Waals surface area contributed by atoms with Gasteiger partial charge in [-0.25, -0.2) is 0 Å². The molecule has 1 N–H and O–H groups in total. The van der Waals surface area contributed by atoms with E-state index in [2.05, 4.69) is 0 Å². The fourth-order valence-electron chi connectivity index (χ4n) is 4.05. The zero-order valence-electron chi connectivity index (χ0n) is 12.8. The Hall–Kier alpha value is -0.650. The van der Waals surface area contributed by atoms with Gasteiger partial charge in [0, 0.05) is 26.3 Å². The summed E-state index contributed by atoms with van der Waals surface area (Å²) >= 11 is 0. The van der Waals surface area contributed by atoms with Crippen LogP contribution in [0.15, 0.2) is 0 Å². The average Bonchev–Trinajstić information content (AvgIpc) is 2.55. The summed E-state index contributed by atoms with van der Waals surface area (Å²) < 4.78 is 11.4. The predicted octanol–water partition coefficient (Wildman–Crippen LogP) is 1.34. The molecule has 1 aliphatic carbocycles. The van der Waals surface area contributed by atoms with E-state index in [0.717, 1.165) is 12.8 Å². The molecule has 5 nitrogen and oxygen atoms in total. The largest absolute Gasteiger partial charge is 0.395 e. The number of carbonyl (C=O) groups excluding carboxylic acids is 1. The molecule has 0 radical (unpaired) electrons. The Morgan fingerprint density at radius 1 is 1.05 bits per heavy atom. The van der Waals surface area contributed by atoms with Crippen LogP contribution in [-0.4, -0.2) is 61.0 Å². The van der Waals surface area contributed by atoms with Crippen LogP contribution in [-0.2, 0) is 14.3 Å². The van der Waals surface area contributed by atoms with Crippen molar-refractivity contribution >= 4 is 5.91 Å². The lowest BCUT2D eigenvalue weighted by molar-refractivity contribution is -0.172. The number of morpholine rings is 1. The topological polar surface area (TPSA) is 59.0 Å². The van der Waals surface area contributed by atoms with Crippen LogP contribution in [0.5, 0.6) is 0 Å². The van der Waals surface area contributed by atoms with Crippen LogP contribution in [0.4, 0.5) is 0 Å². The van der Waals surface area contributed by atoms with Crippen LogP contribution in [0, 0.1) is 5.41 Å². The molecule has 1 amide bonds. The van der Waals surface area contributed by atoms with Crippen LogP contribution in [0.1, 0.15) is 44.9 Å². The van der Waals surface area contributed by atoms with E-state index < -0.39 is 5.41 Å². The highest BCUT2D eigenvalue weighted by Gasteiger charge is 2.46. The molecule has 3 rings (SSSR count). The molecule has 3 fully saturated rings. The van der Waals surface area contributed by atoms with E-state index >= 15 is 0 Å². The van der Waals surface area contributed by atoms with Gasteiger partial charge in [-0.05, 0) is 25.7 Å². The molecule has 0 aromatic carbocycles. The van der Waals surface area contributed by atoms with Gasteiger partial charge in [-0.3, -0.25) is 4.79 Å². The van der Waals surface area contributed by atoms with Crippen molar-refractivity contribution in [2.75, 3.05) is 39.5 Å². The minimum absolute atomic E-state index is 0.0699. The molecule has 2 saturated heterocycles. The van der Waals surface area contributed by atoms with Crippen molar-refractivity contribution in [1.29, 1.82) is 0 Å². The molecule has 0 unspecified atom stereocenters. The van der Waals surface area contributed by atoms with Gasteiger partial charge < -0.3 is 19.5 Å². The Morgan fingerprint density at radius 2 is 1.76 bits per heavy atom. The van der Waals surface area contributed by atoms with Crippen molar-refractivity contribution in [3.8, 4) is 0 Å². The number of aliphatic hydroxyl groups is 1. The first-order valence-corrected chi connectivity index (χ1v) is 8.32. The molecule has 0 atom stereocenters. The van der Waals surface area contributed by atoms with Gasteiger partial charge >= 0.3 is 0 Å². The highest BCUT2D eigenvalue weighted by Crippen LogP contribution is 2.37. The van der Waals surface area contributed by atoms with Crippen LogP contribution < -0.4 is 0 Å². The van der Waals surface area contributed by atoms with Gasteiger partial charge in [0.2, 0.25) is 5.91 Å². The maximum Gasteiger partial charge on any atom is 0.231 e. The van der Waals surface area contributed by atoms with Crippen LogP contribution >= 0.6 is 0 Å². The number of aliphatic hydroxyl groups excluding tert-OH is 1. The minimum atomic E-state index is -0.620. The van der Waals surface area contributed by atoms with Crippen molar-refractivity contribution in [3.05, 3.63) is 0 Å². The number of nitrogens with zero attached hydrogens (tertiary/aromatic N) is 1. The summed E-state index contributed by atoms with van der Waals surface area (Å²) in [6, 6.07) is 0. The smallest absolute Gasteiger partial charge is 0.231 e. The minimum Gasteiger partial charge on any atom is -0.395 e. The summed E-state index contributed by atoms with van der Waals surface area (Å²) in [6.45, 7) is 3.06. The van der Waals surface area contributed by atoms with Crippen molar-refractivity contribution in [2.45, 2.75) is 50.5 Å². The van der Waals surface area contributed by atoms with Gasteiger partial charge in [-0.15, -0.1) is 0 Å². The third-order valence-corrected chi connectivity index (χ3v) is 5.51. The van der Waals surface area contributed by atoms with Gasteiger partial charge in [0.05, 0.1) is 24.2 Å². The summed E-state index contributed by atoms with van der Waals surface area (Å²) in [4.78, 5) is 14.9. The molecule has 0 bridgehead atoms. The molecule has 0 aromatic heterocycles. The lowest BCUT2D eigenvalue weighted by atomic mass is 9.78. The van der Waals surface area contributed by atoms with Crippen molar-refractivity contribution in [3.63, 3.8) is 0 Å². The first-order valence-electron chi connectivity index (χ1n) is 8.32. The third kappa shape index (κ3) is 2.96. The van der Waals surface area contributed by atoms with Crippen LogP contribution in [0.3, 0.4) is 0 Å². The van der Waals surface area contributed by atoms with Crippen molar-refractivity contribution in [1.82, 2.24) is 4.90 Å². The Bertz CT molecular complexity index is 367. The number of amides is 1. The Balaban J connectivity index is 1.71. The van der Waals surface area contributed by atoms with Crippen LogP contribution in [0.25, 0.3) is 0 Å². The Kier molecular flexibility index (Phi) is 4.52. The van der Waals surface area contributed by atoms with E-state index in [9.17, 15) is 9.90 Å². The normalized spacial score (nSPS) is 28.5. The molecular formula is C16H27NO4. The maximum atomic E-state index is 13.0. The molecule has 2 heterocycles. The zero-order valence-corrected chi connectivity index (χ0v) is 12.8. The van der Waals surface area contributed by atoms with E-state index in [1.165, 1.54) is 19.3 Å². The summed E-state index contributed by atoms with van der Waals surface area (Å²) in [5.74, 6) is 0.113. The summed E-state index contributed by atoms with van der Waals surface area (Å²) in [6.07, 6.45) is 7.05. The number of hydrogen-bond acceptors (Lipinski definition) is 4. The number of hydrogen-bond donors (Lipinski definition) is 1. The summed E-state index contributed by atoms with van der Waals surface area (Å²) in [5, 5.41) is 9.81. The van der Waals surface area contributed by atoms with E-state index in [0.29, 0.717) is 45.8 Å². The Labute approximate surface area is 126 Å². The first kappa shape index (κ1) is 15.3. The average molecular weight is 297 g/mol. The van der Waals surface area contributed by atoms with E-state index in [1.807, 2.05) is 4.90 Å². The second-order valence-corrected chi connectivity index (χ2v) is 6.87. The molecule has 5 heteroatoms. The quantitative estimate of drug-likeness (QED) is 0.835. The molecule has 3 aliphatic rings. The van der Waals surface area contributed by atoms with Gasteiger partial charge in [0.25, 0.3) is 0 Å². The molecule has 1 spiro atoms. The highest BCUT2D eigenvalue weighted by atomic mass is 16.5. The van der Waals surface area contributed by atoms with Gasteiger partial charge in [-0.2, -0.15) is 0 Å². The number of carbonyl (C=O) groups is 1. The van der Waals surface area contributed by atoms with Crippen molar-refractivity contribution in [2.24, 2.45) is 5.41 Å². The third-order valence-electron chi connectivity index (χ3n) is 5.51. The molecule has 2 aliphatic heterocycles. The van der Waals surface area contributed by atoms with Gasteiger partial charge in [0.1, 0.15) is 0 Å². The lowest BCUT2D eigenvalue weighted by Crippen LogP contribution is -2.58. The summed E-state index contributed by atoms with van der Waals surface area (Å²) in [5.41, 5.74) is -0.737. The predicted molar refractivity (Wildman–Crippen MR) is 77.9 cm³/mol. The summed E-state index contributed by atoms with van der Waals surface area (Å²) in [7, 11) is 0. The second kappa shape index (κ2) is 6.23. The highest BCUT2D eigenvalue weighted by molar-refractivity contribution is 5.83. The second-order valence-electron chi connectivity index (χ2n) is 6.87. The SMILES string of the molecule is O=C(N1CCOC2(CCCCC2)C1)C1(CO)CCOCC1. The maximum absolute atomic E-state index is 13.0. The van der Waals surface area contributed by atoms with E-state index in [4.69, 9.17) is 9.47 Å². The molecule has 120 valence electrons. The number of rotatable bonds is 2. The zero-order chi connectivity index (χ0) is 14.8. The van der Waals surface area contributed by atoms with Gasteiger partial charge in [0.15, 0.2) is 0 Å². The monoisotopic (exact) mass is 297 g/mol. The fourth-order valence-corrected chi connectivity index (χ4v) is 4.05. The van der Waals surface area contributed by atoms with Gasteiger partial charge in [-0.1, -0.05) is 19.3 Å². The van der Waals surface area contributed by atoms with E-state index in [-0.39, 0.29) is 18.1 Å². The molecular weight excluding hydrogens is 270 g/mol. The first-order chi connectivity index (χ1) is 10.2. The van der Waals surface area contributed by atoms with Crippen LogP contribution in [0.2, 0.25) is 0 Å². The Morgan fingerprint density at radius 3 is 2.43 bits per heavy atom. The number of ether oxygens (including phenoxy) is 2. The molecule has 1 saturated carbocycles. The molecule has 0 aromatic rings. The standard InChI is InChI=1S/C16H27NO4/c18-13-15(6-9-20-10-7-15)14(19)17-8-11-21-16(12-17)4-2-1-3-5-16/h18H,1-13H2. The fraction of sp³-hybridized carbons (Fsp3) is 0.938.